The smallest absolute Gasteiger partial charge is 0.176 e. The second-order valence-electron chi connectivity index (χ2n) is 6.55. The molecule has 2 atom stereocenters. The van der Waals surface area contributed by atoms with Gasteiger partial charge in [-0.25, -0.2) is 0 Å². The zero-order valence-corrected chi connectivity index (χ0v) is 19.3. The molecule has 29 heavy (non-hydrogen) atoms. The van der Waals surface area contributed by atoms with Crippen LogP contribution in [0.3, 0.4) is 0 Å². The summed E-state index contributed by atoms with van der Waals surface area (Å²) in [5.74, 6) is -1.39. The van der Waals surface area contributed by atoms with E-state index >= 15 is 0 Å². The molecular formula is C22H18Br2O4S. The Balaban J connectivity index is 2.03. The summed E-state index contributed by atoms with van der Waals surface area (Å²) in [7, 11) is 0. The number of aromatic hydroxyl groups is 3. The fourth-order valence-corrected chi connectivity index (χ4v) is 4.75. The molecule has 0 aliphatic rings. The van der Waals surface area contributed by atoms with Crippen molar-refractivity contribution in [1.82, 2.24) is 0 Å². The molecule has 0 saturated carbocycles. The number of hydrogen-bond acceptors (Lipinski definition) is 5. The van der Waals surface area contributed by atoms with Crippen molar-refractivity contribution in [3.05, 3.63) is 80.7 Å². The van der Waals surface area contributed by atoms with Crippen molar-refractivity contribution in [3.8, 4) is 17.2 Å². The molecule has 3 aromatic carbocycles. The van der Waals surface area contributed by atoms with Crippen LogP contribution in [0.15, 0.2) is 74.5 Å². The molecule has 7 heteroatoms. The summed E-state index contributed by atoms with van der Waals surface area (Å²) in [6.07, 6.45) is 0. The molecule has 0 heterocycles. The lowest BCUT2D eigenvalue weighted by molar-refractivity contribution is 0.0982. The highest BCUT2D eigenvalue weighted by atomic mass is 79.9. The molecule has 0 spiro atoms. The van der Waals surface area contributed by atoms with Crippen LogP contribution < -0.4 is 0 Å². The lowest BCUT2D eigenvalue weighted by Gasteiger charge is -2.24. The summed E-state index contributed by atoms with van der Waals surface area (Å²) in [5.41, 5.74) is 0.760. The normalized spacial score (nSPS) is 13.1. The van der Waals surface area contributed by atoms with E-state index in [1.165, 1.54) is 11.8 Å². The van der Waals surface area contributed by atoms with Gasteiger partial charge < -0.3 is 15.3 Å². The summed E-state index contributed by atoms with van der Waals surface area (Å²) in [6.45, 7) is 1.78. The average Bonchev–Trinajstić information content (AvgIpc) is 2.66. The maximum Gasteiger partial charge on any atom is 0.176 e. The van der Waals surface area contributed by atoms with Crippen molar-refractivity contribution in [2.24, 2.45) is 0 Å². The number of Topliss-reactive ketones (excluding diaryl/α,β-unsaturated/α-hetero) is 1. The first-order valence-corrected chi connectivity index (χ1v) is 11.2. The number of benzene rings is 3. The van der Waals surface area contributed by atoms with Gasteiger partial charge in [-0.2, -0.15) is 0 Å². The SMILES string of the molecule is CC(c1c(O)cc(O)cc1O)C(Sc1ccc(Br)cc1)C(=O)c1ccc(Br)cc1. The molecule has 0 saturated heterocycles. The van der Waals surface area contributed by atoms with Crippen LogP contribution in [0.5, 0.6) is 17.2 Å². The number of ketones is 1. The summed E-state index contributed by atoms with van der Waals surface area (Å²) < 4.78 is 1.80. The third-order valence-corrected chi connectivity index (χ3v) is 6.97. The Hall–Kier alpha value is -1.96. The summed E-state index contributed by atoms with van der Waals surface area (Å²) >= 11 is 8.14. The Morgan fingerprint density at radius 2 is 1.34 bits per heavy atom. The van der Waals surface area contributed by atoms with Crippen molar-refractivity contribution in [1.29, 1.82) is 0 Å². The molecule has 150 valence electrons. The van der Waals surface area contributed by atoms with E-state index in [-0.39, 0.29) is 28.6 Å². The highest BCUT2D eigenvalue weighted by Gasteiger charge is 2.32. The van der Waals surface area contributed by atoms with Crippen LogP contribution in [0.4, 0.5) is 0 Å². The fourth-order valence-electron chi connectivity index (χ4n) is 3.05. The minimum atomic E-state index is -0.612. The van der Waals surface area contributed by atoms with Gasteiger partial charge in [0.15, 0.2) is 5.78 Å². The number of rotatable bonds is 6. The van der Waals surface area contributed by atoms with E-state index in [0.717, 1.165) is 26.0 Å². The van der Waals surface area contributed by atoms with Gasteiger partial charge in [0.2, 0.25) is 0 Å². The van der Waals surface area contributed by atoms with E-state index in [1.807, 2.05) is 24.3 Å². The maximum absolute atomic E-state index is 13.4. The van der Waals surface area contributed by atoms with E-state index in [9.17, 15) is 20.1 Å². The minimum Gasteiger partial charge on any atom is -0.508 e. The van der Waals surface area contributed by atoms with Crippen LogP contribution in [-0.4, -0.2) is 26.4 Å². The van der Waals surface area contributed by atoms with Crippen molar-refractivity contribution in [2.75, 3.05) is 0 Å². The summed E-state index contributed by atoms with van der Waals surface area (Å²) in [4.78, 5) is 14.3. The molecule has 0 amide bonds. The second-order valence-corrected chi connectivity index (χ2v) is 9.60. The van der Waals surface area contributed by atoms with E-state index in [0.29, 0.717) is 5.56 Å². The van der Waals surface area contributed by atoms with Gasteiger partial charge in [-0.3, -0.25) is 4.79 Å². The van der Waals surface area contributed by atoms with Gasteiger partial charge in [0.1, 0.15) is 17.2 Å². The van der Waals surface area contributed by atoms with E-state index in [1.54, 1.807) is 31.2 Å². The Morgan fingerprint density at radius 3 is 1.86 bits per heavy atom. The number of halogens is 2. The highest BCUT2D eigenvalue weighted by molar-refractivity contribution is 9.10. The van der Waals surface area contributed by atoms with Gasteiger partial charge in [0, 0.05) is 43.0 Å². The minimum absolute atomic E-state index is 0.121. The molecule has 3 N–H and O–H groups in total. The number of hydrogen-bond donors (Lipinski definition) is 3. The Labute approximate surface area is 189 Å². The molecule has 0 aliphatic carbocycles. The van der Waals surface area contributed by atoms with Crippen LogP contribution in [0.25, 0.3) is 0 Å². The first kappa shape index (κ1) is 21.7. The van der Waals surface area contributed by atoms with Crippen LogP contribution >= 0.6 is 43.6 Å². The van der Waals surface area contributed by atoms with Crippen molar-refractivity contribution in [2.45, 2.75) is 23.0 Å². The molecule has 2 unspecified atom stereocenters. The number of phenolic OH excluding ortho intramolecular Hbond substituents is 3. The first-order chi connectivity index (χ1) is 13.8. The van der Waals surface area contributed by atoms with Gasteiger partial charge in [-0.05, 0) is 36.4 Å². The largest absolute Gasteiger partial charge is 0.508 e. The van der Waals surface area contributed by atoms with E-state index in [2.05, 4.69) is 31.9 Å². The standard InChI is InChI=1S/C22H18Br2O4S/c1-12(20-18(26)10-16(25)11-19(20)27)22(29-17-8-6-15(24)7-9-17)21(28)13-2-4-14(23)5-3-13/h2-12,22,25-27H,1H3. The molecule has 3 aromatic rings. The Bertz CT molecular complexity index is 997. The van der Waals surface area contributed by atoms with Gasteiger partial charge in [-0.15, -0.1) is 11.8 Å². The highest BCUT2D eigenvalue weighted by Crippen LogP contribution is 2.44. The molecular weight excluding hydrogens is 520 g/mol. The monoisotopic (exact) mass is 536 g/mol. The van der Waals surface area contributed by atoms with Gasteiger partial charge in [0.25, 0.3) is 0 Å². The molecule has 0 fully saturated rings. The van der Waals surface area contributed by atoms with Crippen molar-refractivity contribution < 1.29 is 20.1 Å². The molecule has 3 rings (SSSR count). The number of thioether (sulfide) groups is 1. The van der Waals surface area contributed by atoms with Gasteiger partial charge in [0.05, 0.1) is 5.25 Å². The number of phenols is 3. The van der Waals surface area contributed by atoms with E-state index in [4.69, 9.17) is 0 Å². The molecule has 0 radical (unpaired) electrons. The van der Waals surface area contributed by atoms with Crippen LogP contribution in [0, 0.1) is 0 Å². The quantitative estimate of drug-likeness (QED) is 0.248. The van der Waals surface area contributed by atoms with Crippen LogP contribution in [-0.2, 0) is 0 Å². The van der Waals surface area contributed by atoms with Crippen LogP contribution in [0.1, 0.15) is 28.8 Å². The number of carbonyl (C=O) groups excluding carboxylic acids is 1. The maximum atomic E-state index is 13.4. The third-order valence-electron chi connectivity index (χ3n) is 4.49. The fraction of sp³-hybridized carbons (Fsp3) is 0.136. The Kier molecular flexibility index (Phi) is 6.93. The zero-order valence-electron chi connectivity index (χ0n) is 15.3. The predicted octanol–water partition coefficient (Wildman–Crippen LogP) is 6.48. The summed E-state index contributed by atoms with van der Waals surface area (Å²) in [6, 6.07) is 17.0. The lowest BCUT2D eigenvalue weighted by Crippen LogP contribution is -2.24. The predicted molar refractivity (Wildman–Crippen MR) is 122 cm³/mol. The van der Waals surface area contributed by atoms with Crippen LogP contribution in [0.2, 0.25) is 0 Å². The Morgan fingerprint density at radius 1 is 0.862 bits per heavy atom. The second kappa shape index (κ2) is 9.24. The number of carbonyl (C=O) groups is 1. The van der Waals surface area contributed by atoms with Gasteiger partial charge in [-0.1, -0.05) is 50.9 Å². The molecule has 0 bridgehead atoms. The van der Waals surface area contributed by atoms with Gasteiger partial charge >= 0.3 is 0 Å². The first-order valence-electron chi connectivity index (χ1n) is 8.73. The van der Waals surface area contributed by atoms with E-state index < -0.39 is 11.2 Å². The third kappa shape index (κ3) is 5.15. The molecule has 4 nitrogen and oxygen atoms in total. The summed E-state index contributed by atoms with van der Waals surface area (Å²) in [5, 5.41) is 29.7. The topological polar surface area (TPSA) is 77.8 Å². The van der Waals surface area contributed by atoms with Crippen molar-refractivity contribution >= 4 is 49.4 Å². The zero-order chi connectivity index (χ0) is 21.1. The molecule has 0 aromatic heterocycles. The lowest BCUT2D eigenvalue weighted by atomic mass is 9.91. The molecule has 0 aliphatic heterocycles. The average molecular weight is 538 g/mol. The van der Waals surface area contributed by atoms with Crippen molar-refractivity contribution in [3.63, 3.8) is 0 Å².